The molecule has 0 aromatic heterocycles. The summed E-state index contributed by atoms with van der Waals surface area (Å²) in [6, 6.07) is 0. The molecule has 1 unspecified atom stereocenters. The van der Waals surface area contributed by atoms with E-state index in [9.17, 15) is 14.4 Å². The summed E-state index contributed by atoms with van der Waals surface area (Å²) in [6.07, 6.45) is 86.2. The van der Waals surface area contributed by atoms with Crippen LogP contribution in [-0.2, 0) is 28.6 Å². The zero-order valence-electron chi connectivity index (χ0n) is 48.8. The minimum Gasteiger partial charge on any atom is -0.462 e. The van der Waals surface area contributed by atoms with Gasteiger partial charge in [-0.25, -0.2) is 0 Å². The first-order chi connectivity index (χ1) is 37.0. The lowest BCUT2D eigenvalue weighted by Gasteiger charge is -2.18. The highest BCUT2D eigenvalue weighted by Gasteiger charge is 2.19. The van der Waals surface area contributed by atoms with Gasteiger partial charge in [0.2, 0.25) is 0 Å². The molecule has 0 rings (SSSR count). The van der Waals surface area contributed by atoms with Crippen LogP contribution in [0, 0.1) is 0 Å². The molecule has 0 aliphatic heterocycles. The number of allylic oxidation sites excluding steroid dienone is 20. The van der Waals surface area contributed by atoms with Crippen LogP contribution in [-0.4, -0.2) is 37.2 Å². The fraction of sp³-hybridized carbons (Fsp3) is 0.667. The first kappa shape index (κ1) is 70.8. The van der Waals surface area contributed by atoms with Gasteiger partial charge in [0.15, 0.2) is 6.10 Å². The van der Waals surface area contributed by atoms with Gasteiger partial charge in [0.1, 0.15) is 13.2 Å². The molecule has 0 saturated carbocycles. The molecule has 0 aromatic rings. The Bertz CT molecular complexity index is 1570. The first-order valence-corrected chi connectivity index (χ1v) is 31.0. The molecule has 0 saturated heterocycles. The lowest BCUT2D eigenvalue weighted by molar-refractivity contribution is -0.167. The van der Waals surface area contributed by atoms with Gasteiger partial charge in [-0.3, -0.25) is 14.4 Å². The molecule has 0 bridgehead atoms. The van der Waals surface area contributed by atoms with Crippen molar-refractivity contribution in [1.29, 1.82) is 0 Å². The molecule has 6 heteroatoms. The zero-order valence-corrected chi connectivity index (χ0v) is 48.8. The van der Waals surface area contributed by atoms with Crippen LogP contribution in [0.15, 0.2) is 122 Å². The molecule has 426 valence electrons. The lowest BCUT2D eigenvalue weighted by atomic mass is 10.1. The number of hydrogen-bond donors (Lipinski definition) is 0. The summed E-state index contributed by atoms with van der Waals surface area (Å²) in [4.78, 5) is 38.3. The van der Waals surface area contributed by atoms with Gasteiger partial charge in [0, 0.05) is 19.3 Å². The van der Waals surface area contributed by atoms with Crippen molar-refractivity contribution in [3.63, 3.8) is 0 Å². The average Bonchev–Trinajstić information content (AvgIpc) is 3.41. The maximum atomic E-state index is 12.9. The SMILES string of the molecule is CC/C=C\C/C=C\C/C=C\C/C=C\C/C=C\C/C=C\C/C=C\CCCCCC(=O)OCC(COC(=O)CCCCCCC/C=C\C/C=C\CCCC)OC(=O)CCCCCCCCC/C=C\CCCCCCCCC. The third-order valence-electron chi connectivity index (χ3n) is 12.9. The quantitative estimate of drug-likeness (QED) is 0.0261. The monoisotopic (exact) mass is 1040 g/mol. The molecular formula is C69H114O6. The smallest absolute Gasteiger partial charge is 0.306 e. The molecule has 0 spiro atoms. The predicted molar refractivity (Wildman–Crippen MR) is 325 cm³/mol. The highest BCUT2D eigenvalue weighted by atomic mass is 16.6. The summed E-state index contributed by atoms with van der Waals surface area (Å²) in [7, 11) is 0. The van der Waals surface area contributed by atoms with Crippen LogP contribution in [0.3, 0.4) is 0 Å². The Morgan fingerprint density at radius 2 is 0.533 bits per heavy atom. The topological polar surface area (TPSA) is 78.9 Å². The summed E-state index contributed by atoms with van der Waals surface area (Å²) >= 11 is 0. The van der Waals surface area contributed by atoms with Gasteiger partial charge in [-0.05, 0) is 128 Å². The van der Waals surface area contributed by atoms with Crippen LogP contribution in [0.2, 0.25) is 0 Å². The lowest BCUT2D eigenvalue weighted by Crippen LogP contribution is -2.30. The minimum absolute atomic E-state index is 0.100. The van der Waals surface area contributed by atoms with Crippen LogP contribution < -0.4 is 0 Å². The van der Waals surface area contributed by atoms with Crippen molar-refractivity contribution in [3.05, 3.63) is 122 Å². The standard InChI is InChI=1S/C69H114O6/c1-4-7-10-13-16-19-22-25-28-30-32-33-34-35-36-37-38-40-41-44-47-50-53-56-59-62-68(71)74-65-66(64-73-67(70)61-58-55-52-49-46-43-27-24-21-18-15-12-9-6-3)75-69(72)63-60-57-54-51-48-45-42-39-31-29-26-23-20-17-14-11-8-5-2/h7,10,15-16,18-19,24-25,27-29,31-33,35-36,38,40,44,47,66H,4-6,8-9,11-14,17,20-23,26,30,34,37,39,41-43,45-46,48-65H2,1-3H3/b10-7-,18-15-,19-16-,27-24-,28-25-,31-29-,33-32-,36-35-,40-38-,47-44-. The Hall–Kier alpha value is -4.19. The first-order valence-electron chi connectivity index (χ1n) is 31.0. The third-order valence-corrected chi connectivity index (χ3v) is 12.9. The van der Waals surface area contributed by atoms with Gasteiger partial charge in [-0.1, -0.05) is 251 Å². The summed E-state index contributed by atoms with van der Waals surface area (Å²) in [5.74, 6) is -0.949. The second-order valence-electron chi connectivity index (χ2n) is 20.2. The molecule has 0 fully saturated rings. The van der Waals surface area contributed by atoms with Gasteiger partial charge in [-0.15, -0.1) is 0 Å². The number of carbonyl (C=O) groups is 3. The number of ether oxygens (including phenoxy) is 3. The Balaban J connectivity index is 4.46. The van der Waals surface area contributed by atoms with E-state index < -0.39 is 6.10 Å². The number of carbonyl (C=O) groups excluding carboxylic acids is 3. The summed E-state index contributed by atoms with van der Waals surface area (Å²) < 4.78 is 16.9. The maximum Gasteiger partial charge on any atom is 0.306 e. The Labute approximate surface area is 462 Å². The van der Waals surface area contributed by atoms with Gasteiger partial charge in [0.05, 0.1) is 0 Å². The van der Waals surface area contributed by atoms with E-state index in [0.717, 1.165) is 135 Å². The minimum atomic E-state index is -0.804. The van der Waals surface area contributed by atoms with E-state index in [2.05, 4.69) is 142 Å². The fourth-order valence-electron chi connectivity index (χ4n) is 8.26. The van der Waals surface area contributed by atoms with Gasteiger partial charge in [0.25, 0.3) is 0 Å². The Morgan fingerprint density at radius 1 is 0.280 bits per heavy atom. The maximum absolute atomic E-state index is 12.9. The van der Waals surface area contributed by atoms with E-state index in [1.807, 2.05) is 0 Å². The van der Waals surface area contributed by atoms with E-state index in [1.54, 1.807) is 0 Å². The Morgan fingerprint density at radius 3 is 0.880 bits per heavy atom. The van der Waals surface area contributed by atoms with Crippen LogP contribution in [0.5, 0.6) is 0 Å². The van der Waals surface area contributed by atoms with E-state index in [1.165, 1.54) is 103 Å². The summed E-state index contributed by atoms with van der Waals surface area (Å²) in [5.41, 5.74) is 0. The molecule has 0 N–H and O–H groups in total. The van der Waals surface area contributed by atoms with Gasteiger partial charge < -0.3 is 14.2 Å². The summed E-state index contributed by atoms with van der Waals surface area (Å²) in [5, 5.41) is 0. The van der Waals surface area contributed by atoms with Gasteiger partial charge in [-0.2, -0.15) is 0 Å². The second-order valence-corrected chi connectivity index (χ2v) is 20.2. The molecule has 1 atom stereocenters. The van der Waals surface area contributed by atoms with Crippen molar-refractivity contribution in [1.82, 2.24) is 0 Å². The molecule has 0 heterocycles. The largest absolute Gasteiger partial charge is 0.462 e. The second kappa shape index (κ2) is 62.4. The van der Waals surface area contributed by atoms with Crippen molar-refractivity contribution in [2.24, 2.45) is 0 Å². The van der Waals surface area contributed by atoms with Crippen molar-refractivity contribution >= 4 is 17.9 Å². The number of unbranched alkanes of at least 4 members (excludes halogenated alkanes) is 24. The molecule has 0 aromatic carbocycles. The van der Waals surface area contributed by atoms with Crippen LogP contribution >= 0.6 is 0 Å². The molecule has 6 nitrogen and oxygen atoms in total. The normalized spacial score (nSPS) is 12.9. The number of rotatable bonds is 55. The van der Waals surface area contributed by atoms with Crippen molar-refractivity contribution in [3.8, 4) is 0 Å². The van der Waals surface area contributed by atoms with Crippen molar-refractivity contribution in [2.45, 2.75) is 284 Å². The van der Waals surface area contributed by atoms with Crippen molar-refractivity contribution in [2.75, 3.05) is 13.2 Å². The molecule has 75 heavy (non-hydrogen) atoms. The van der Waals surface area contributed by atoms with Gasteiger partial charge >= 0.3 is 17.9 Å². The predicted octanol–water partition coefficient (Wildman–Crippen LogP) is 21.2. The fourth-order valence-corrected chi connectivity index (χ4v) is 8.26. The number of esters is 3. The van der Waals surface area contributed by atoms with E-state index in [-0.39, 0.29) is 31.1 Å². The van der Waals surface area contributed by atoms with E-state index in [4.69, 9.17) is 14.2 Å². The van der Waals surface area contributed by atoms with E-state index >= 15 is 0 Å². The highest BCUT2D eigenvalue weighted by Crippen LogP contribution is 2.14. The number of hydrogen-bond acceptors (Lipinski definition) is 6. The molecule has 0 aliphatic carbocycles. The summed E-state index contributed by atoms with van der Waals surface area (Å²) in [6.45, 7) is 6.45. The van der Waals surface area contributed by atoms with Crippen LogP contribution in [0.1, 0.15) is 278 Å². The third kappa shape index (κ3) is 60.6. The van der Waals surface area contributed by atoms with Crippen LogP contribution in [0.25, 0.3) is 0 Å². The molecule has 0 amide bonds. The van der Waals surface area contributed by atoms with E-state index in [0.29, 0.717) is 19.3 Å². The highest BCUT2D eigenvalue weighted by molar-refractivity contribution is 5.71. The molecule has 0 aliphatic rings. The molecular weight excluding hydrogens is 925 g/mol. The zero-order chi connectivity index (χ0) is 54.3. The van der Waals surface area contributed by atoms with Crippen LogP contribution in [0.4, 0.5) is 0 Å². The molecule has 0 radical (unpaired) electrons. The average molecular weight is 1040 g/mol. The van der Waals surface area contributed by atoms with Crippen molar-refractivity contribution < 1.29 is 28.6 Å². The Kier molecular flexibility index (Phi) is 58.9.